The minimum atomic E-state index is -2.51. The number of para-hydroxylation sites is 2. The number of carbonyl (C=O) groups is 2. The van der Waals surface area contributed by atoms with Gasteiger partial charge in [-0.1, -0.05) is 48.2 Å². The molecule has 5 nitrogen and oxygen atoms in total. The van der Waals surface area contributed by atoms with E-state index in [0.29, 0.717) is 45.0 Å². The topological polar surface area (TPSA) is 64.6 Å². The van der Waals surface area contributed by atoms with Crippen molar-refractivity contribution in [2.75, 3.05) is 11.9 Å². The third-order valence-electron chi connectivity index (χ3n) is 4.62. The first-order chi connectivity index (χ1) is 15.0. The molecule has 1 heterocycles. The van der Waals surface area contributed by atoms with E-state index in [0.717, 1.165) is 0 Å². The first kappa shape index (κ1) is 20.9. The fraction of sp³-hybridized carbons (Fsp3) is 0.130. The molecule has 1 N–H and O–H groups in total. The molecule has 158 valence electrons. The van der Waals surface area contributed by atoms with Crippen LogP contribution in [0.25, 0.3) is 0 Å². The molecule has 1 amide bonds. The highest BCUT2D eigenvalue weighted by molar-refractivity contribution is 7.99. The number of halogens is 2. The third kappa shape index (κ3) is 4.86. The molecule has 3 aromatic rings. The molecule has 0 aromatic heterocycles. The smallest absolute Gasteiger partial charge is 0.318 e. The molecule has 0 saturated heterocycles. The van der Waals surface area contributed by atoms with Crippen LogP contribution in [0.4, 0.5) is 14.5 Å². The van der Waals surface area contributed by atoms with Gasteiger partial charge in [0.1, 0.15) is 17.4 Å². The molecule has 0 atom stereocenters. The second kappa shape index (κ2) is 9.18. The Morgan fingerprint density at radius 2 is 1.52 bits per heavy atom. The van der Waals surface area contributed by atoms with Crippen molar-refractivity contribution in [2.24, 2.45) is 0 Å². The average Bonchev–Trinajstić information content (AvgIpc) is 2.77. The number of benzene rings is 3. The Bertz CT molecular complexity index is 1060. The van der Waals surface area contributed by atoms with E-state index in [2.05, 4.69) is 5.32 Å². The van der Waals surface area contributed by atoms with E-state index in [1.807, 2.05) is 12.1 Å². The van der Waals surface area contributed by atoms with E-state index in [1.54, 1.807) is 36.4 Å². The molecule has 1 aliphatic rings. The van der Waals surface area contributed by atoms with Crippen molar-refractivity contribution in [2.45, 2.75) is 16.6 Å². The first-order valence-electron chi connectivity index (χ1n) is 9.38. The van der Waals surface area contributed by atoms with Gasteiger partial charge in [0.25, 0.3) is 11.7 Å². The van der Waals surface area contributed by atoms with Crippen LogP contribution in [0.15, 0.2) is 77.7 Å². The van der Waals surface area contributed by atoms with E-state index in [1.165, 1.54) is 24.3 Å². The first-order valence-corrected chi connectivity index (χ1v) is 10.3. The van der Waals surface area contributed by atoms with Gasteiger partial charge in [0.05, 0.1) is 0 Å². The summed E-state index contributed by atoms with van der Waals surface area (Å²) in [4.78, 5) is 25.5. The summed E-state index contributed by atoms with van der Waals surface area (Å²) in [6.45, 7) is -0.478. The minimum absolute atomic E-state index is 0.385. The van der Waals surface area contributed by atoms with Crippen molar-refractivity contribution in [3.8, 4) is 11.5 Å². The van der Waals surface area contributed by atoms with Crippen molar-refractivity contribution >= 4 is 29.3 Å². The average molecular weight is 441 g/mol. The standard InChI is InChI=1S/C23H17F2NO4S/c24-23(25)31-15-11-9-14(10-12-15)26-20(27)13-29-22(28)21-16-5-1-3-7-18(16)30-19-8-4-2-6-17(19)21/h1-12,21,23H,13H2,(H,26,27). The normalized spacial score (nSPS) is 12.5. The van der Waals surface area contributed by atoms with Gasteiger partial charge in [-0.3, -0.25) is 9.59 Å². The Balaban J connectivity index is 1.42. The van der Waals surface area contributed by atoms with Crippen molar-refractivity contribution < 1.29 is 27.8 Å². The van der Waals surface area contributed by atoms with Crippen LogP contribution in [0.3, 0.4) is 0 Å². The van der Waals surface area contributed by atoms with E-state index >= 15 is 0 Å². The van der Waals surface area contributed by atoms with Crippen LogP contribution >= 0.6 is 11.8 Å². The number of fused-ring (bicyclic) bond motifs is 2. The number of hydrogen-bond donors (Lipinski definition) is 1. The van der Waals surface area contributed by atoms with Gasteiger partial charge >= 0.3 is 5.97 Å². The zero-order valence-electron chi connectivity index (χ0n) is 16.1. The molecule has 3 aromatic carbocycles. The summed E-state index contributed by atoms with van der Waals surface area (Å²) in [5.41, 5.74) is 1.75. The lowest BCUT2D eigenvalue weighted by Crippen LogP contribution is -2.26. The fourth-order valence-electron chi connectivity index (χ4n) is 3.30. The zero-order valence-corrected chi connectivity index (χ0v) is 16.9. The Hall–Kier alpha value is -3.39. The highest BCUT2D eigenvalue weighted by atomic mass is 32.2. The van der Waals surface area contributed by atoms with Gasteiger partial charge in [0, 0.05) is 21.7 Å². The Kier molecular flexibility index (Phi) is 6.18. The lowest BCUT2D eigenvalue weighted by atomic mass is 9.88. The molecule has 1 aliphatic heterocycles. The number of anilines is 1. The number of ether oxygens (including phenoxy) is 2. The van der Waals surface area contributed by atoms with Crippen LogP contribution in [0.5, 0.6) is 11.5 Å². The zero-order chi connectivity index (χ0) is 21.8. The lowest BCUT2D eigenvalue weighted by molar-refractivity contribution is -0.148. The van der Waals surface area contributed by atoms with E-state index in [4.69, 9.17) is 9.47 Å². The predicted octanol–water partition coefficient (Wildman–Crippen LogP) is 5.42. The maximum atomic E-state index is 12.9. The number of rotatable bonds is 6. The van der Waals surface area contributed by atoms with E-state index < -0.39 is 30.2 Å². The van der Waals surface area contributed by atoms with E-state index in [-0.39, 0.29) is 0 Å². The quantitative estimate of drug-likeness (QED) is 0.409. The van der Waals surface area contributed by atoms with Crippen molar-refractivity contribution in [3.63, 3.8) is 0 Å². The molecule has 0 radical (unpaired) electrons. The molecular weight excluding hydrogens is 424 g/mol. The van der Waals surface area contributed by atoms with Crippen molar-refractivity contribution in [1.82, 2.24) is 0 Å². The van der Waals surface area contributed by atoms with Gasteiger partial charge in [-0.05, 0) is 36.4 Å². The predicted molar refractivity (Wildman–Crippen MR) is 113 cm³/mol. The van der Waals surface area contributed by atoms with E-state index in [9.17, 15) is 18.4 Å². The Labute approximate surface area is 181 Å². The maximum Gasteiger partial charge on any atom is 0.318 e. The molecule has 8 heteroatoms. The summed E-state index contributed by atoms with van der Waals surface area (Å²) in [6, 6.07) is 20.3. The number of thioether (sulfide) groups is 1. The molecule has 0 aliphatic carbocycles. The van der Waals surface area contributed by atoms with Crippen LogP contribution in [-0.4, -0.2) is 24.2 Å². The number of nitrogens with one attached hydrogen (secondary N) is 1. The van der Waals surface area contributed by atoms with Crippen LogP contribution < -0.4 is 10.1 Å². The second-order valence-electron chi connectivity index (χ2n) is 6.67. The summed E-state index contributed by atoms with van der Waals surface area (Å²) >= 11 is 0.419. The highest BCUT2D eigenvalue weighted by Gasteiger charge is 2.33. The fourth-order valence-corrected chi connectivity index (χ4v) is 3.80. The van der Waals surface area contributed by atoms with Crippen molar-refractivity contribution in [3.05, 3.63) is 83.9 Å². The van der Waals surface area contributed by atoms with Crippen LogP contribution in [0.1, 0.15) is 17.0 Å². The Morgan fingerprint density at radius 3 is 2.10 bits per heavy atom. The monoisotopic (exact) mass is 441 g/mol. The number of carbonyl (C=O) groups excluding carboxylic acids is 2. The molecule has 0 bridgehead atoms. The molecule has 0 saturated carbocycles. The number of hydrogen-bond acceptors (Lipinski definition) is 5. The van der Waals surface area contributed by atoms with Crippen LogP contribution in [0, 0.1) is 0 Å². The lowest BCUT2D eigenvalue weighted by Gasteiger charge is -2.26. The number of esters is 1. The summed E-state index contributed by atoms with van der Waals surface area (Å²) in [6.07, 6.45) is 0. The SMILES string of the molecule is O=C(COC(=O)C1c2ccccc2Oc2ccccc21)Nc1ccc(SC(F)F)cc1. The maximum absolute atomic E-state index is 12.9. The third-order valence-corrected chi connectivity index (χ3v) is 5.35. The Morgan fingerprint density at radius 1 is 0.935 bits per heavy atom. The van der Waals surface area contributed by atoms with Gasteiger partial charge in [-0.15, -0.1) is 0 Å². The molecule has 0 fully saturated rings. The summed E-state index contributed by atoms with van der Waals surface area (Å²) < 4.78 is 35.9. The van der Waals surface area contributed by atoms with Crippen LogP contribution in [0.2, 0.25) is 0 Å². The molecule has 0 unspecified atom stereocenters. The van der Waals surface area contributed by atoms with Crippen molar-refractivity contribution in [1.29, 1.82) is 0 Å². The largest absolute Gasteiger partial charge is 0.457 e. The molecule has 31 heavy (non-hydrogen) atoms. The second-order valence-corrected chi connectivity index (χ2v) is 7.73. The van der Waals surface area contributed by atoms with Crippen LogP contribution in [-0.2, 0) is 14.3 Å². The molecule has 0 spiro atoms. The minimum Gasteiger partial charge on any atom is -0.457 e. The number of alkyl halides is 2. The highest BCUT2D eigenvalue weighted by Crippen LogP contribution is 2.44. The van der Waals surface area contributed by atoms with Gasteiger partial charge in [0.15, 0.2) is 6.61 Å². The molecule has 4 rings (SSSR count). The van der Waals surface area contributed by atoms with Gasteiger partial charge in [-0.2, -0.15) is 8.78 Å². The molecular formula is C23H17F2NO4S. The summed E-state index contributed by atoms with van der Waals surface area (Å²) in [5.74, 6) is -3.19. The number of amides is 1. The summed E-state index contributed by atoms with van der Waals surface area (Å²) in [5, 5.41) is 2.58. The van der Waals surface area contributed by atoms with Gasteiger partial charge < -0.3 is 14.8 Å². The van der Waals surface area contributed by atoms with Gasteiger partial charge in [-0.25, -0.2) is 0 Å². The summed E-state index contributed by atoms with van der Waals surface area (Å²) in [7, 11) is 0. The van der Waals surface area contributed by atoms with Gasteiger partial charge in [0.2, 0.25) is 0 Å².